The number of anilines is 2. The average molecular weight is 342 g/mol. The van der Waals surface area contributed by atoms with Gasteiger partial charge in [0.1, 0.15) is 18.2 Å². The van der Waals surface area contributed by atoms with Gasteiger partial charge in [-0.2, -0.15) is 0 Å². The number of nitrogens with zero attached hydrogens (tertiary/aromatic N) is 3. The third kappa shape index (κ3) is 4.64. The van der Waals surface area contributed by atoms with E-state index in [0.29, 0.717) is 24.4 Å². The first kappa shape index (κ1) is 17.6. The maximum Gasteiger partial charge on any atom is 0.156 e. The second-order valence-electron chi connectivity index (χ2n) is 6.48. The van der Waals surface area contributed by atoms with Gasteiger partial charge >= 0.3 is 0 Å². The molecule has 2 heterocycles. The summed E-state index contributed by atoms with van der Waals surface area (Å²) in [6.45, 7) is 3.95. The van der Waals surface area contributed by atoms with Crippen molar-refractivity contribution in [3.05, 3.63) is 41.5 Å². The Balaban J connectivity index is 1.58. The molecule has 2 aromatic heterocycles. The highest BCUT2D eigenvalue weighted by Crippen LogP contribution is 2.35. The van der Waals surface area contributed by atoms with Crippen LogP contribution in [0.25, 0.3) is 0 Å². The molecule has 1 fully saturated rings. The predicted octanol–water partition coefficient (Wildman–Crippen LogP) is 2.06. The van der Waals surface area contributed by atoms with E-state index in [9.17, 15) is 0 Å². The number of hydrogen-bond donors (Lipinski definition) is 3. The lowest BCUT2D eigenvalue weighted by atomic mass is 9.78. The van der Waals surface area contributed by atoms with Gasteiger partial charge in [0.15, 0.2) is 5.82 Å². The molecule has 1 aliphatic carbocycles. The van der Waals surface area contributed by atoms with Gasteiger partial charge in [-0.25, -0.2) is 15.0 Å². The first-order chi connectivity index (χ1) is 12.2. The number of pyridine rings is 1. The average Bonchev–Trinajstić information content (AvgIpc) is 2.57. The third-order valence-corrected chi connectivity index (χ3v) is 4.39. The van der Waals surface area contributed by atoms with Gasteiger partial charge in [0.25, 0.3) is 0 Å². The Morgan fingerprint density at radius 3 is 2.76 bits per heavy atom. The summed E-state index contributed by atoms with van der Waals surface area (Å²) < 4.78 is 5.19. The van der Waals surface area contributed by atoms with Gasteiger partial charge in [-0.3, -0.25) is 0 Å². The minimum absolute atomic E-state index is 0.299. The Labute approximate surface area is 148 Å². The zero-order chi connectivity index (χ0) is 17.6. The molecule has 0 aliphatic heterocycles. The SMILES string of the molecule is COCc1nc(NCCNc2ncccc2C)cc(C2CC(N)C2)n1. The van der Waals surface area contributed by atoms with E-state index in [1.165, 1.54) is 0 Å². The normalized spacial score (nSPS) is 19.3. The summed E-state index contributed by atoms with van der Waals surface area (Å²) in [6, 6.07) is 6.31. The van der Waals surface area contributed by atoms with Crippen LogP contribution >= 0.6 is 0 Å². The summed E-state index contributed by atoms with van der Waals surface area (Å²) in [5.41, 5.74) is 8.10. The monoisotopic (exact) mass is 342 g/mol. The van der Waals surface area contributed by atoms with Crippen LogP contribution in [0.1, 0.15) is 35.8 Å². The number of methoxy groups -OCH3 is 1. The number of ether oxygens (including phenoxy) is 1. The van der Waals surface area contributed by atoms with Crippen LogP contribution in [-0.2, 0) is 11.3 Å². The topological polar surface area (TPSA) is 98.0 Å². The Morgan fingerprint density at radius 2 is 2.04 bits per heavy atom. The van der Waals surface area contributed by atoms with Crippen molar-refractivity contribution in [2.24, 2.45) is 5.73 Å². The minimum atomic E-state index is 0.299. The lowest BCUT2D eigenvalue weighted by molar-refractivity contribution is 0.177. The van der Waals surface area contributed by atoms with Crippen LogP contribution in [0.3, 0.4) is 0 Å². The molecule has 2 aromatic rings. The second kappa shape index (κ2) is 8.22. The number of rotatable bonds is 8. The van der Waals surface area contributed by atoms with Gasteiger partial charge in [-0.1, -0.05) is 6.07 Å². The lowest BCUT2D eigenvalue weighted by Gasteiger charge is -2.32. The van der Waals surface area contributed by atoms with Gasteiger partial charge in [-0.05, 0) is 31.4 Å². The molecule has 0 aromatic carbocycles. The molecule has 4 N–H and O–H groups in total. The summed E-state index contributed by atoms with van der Waals surface area (Å²) in [5.74, 6) is 2.88. The fraction of sp³-hybridized carbons (Fsp3) is 0.500. The quantitative estimate of drug-likeness (QED) is 0.632. The molecule has 25 heavy (non-hydrogen) atoms. The number of nitrogens with two attached hydrogens (primary N) is 1. The van der Waals surface area contributed by atoms with Crippen LogP contribution in [0.4, 0.5) is 11.6 Å². The van der Waals surface area contributed by atoms with Crippen molar-refractivity contribution >= 4 is 11.6 Å². The molecule has 1 saturated carbocycles. The number of aromatic nitrogens is 3. The smallest absolute Gasteiger partial charge is 0.156 e. The van der Waals surface area contributed by atoms with E-state index in [2.05, 4.69) is 25.6 Å². The molecule has 7 heteroatoms. The number of nitrogens with one attached hydrogen (secondary N) is 2. The Bertz CT molecular complexity index is 702. The maximum atomic E-state index is 5.91. The molecule has 0 spiro atoms. The highest BCUT2D eigenvalue weighted by molar-refractivity contribution is 5.43. The molecule has 1 aliphatic rings. The first-order valence-corrected chi connectivity index (χ1v) is 8.67. The molecular formula is C18H26N6O. The van der Waals surface area contributed by atoms with E-state index in [4.69, 9.17) is 10.5 Å². The largest absolute Gasteiger partial charge is 0.377 e. The second-order valence-corrected chi connectivity index (χ2v) is 6.48. The third-order valence-electron chi connectivity index (χ3n) is 4.39. The summed E-state index contributed by atoms with van der Waals surface area (Å²) in [7, 11) is 1.65. The molecule has 0 unspecified atom stereocenters. The van der Waals surface area contributed by atoms with Crippen LogP contribution < -0.4 is 16.4 Å². The minimum Gasteiger partial charge on any atom is -0.377 e. The summed E-state index contributed by atoms with van der Waals surface area (Å²) in [4.78, 5) is 13.5. The van der Waals surface area contributed by atoms with Crippen molar-refractivity contribution in [3.8, 4) is 0 Å². The molecule has 7 nitrogen and oxygen atoms in total. The van der Waals surface area contributed by atoms with Crippen molar-refractivity contribution in [1.82, 2.24) is 15.0 Å². The van der Waals surface area contributed by atoms with Gasteiger partial charge in [0.2, 0.25) is 0 Å². The maximum absolute atomic E-state index is 5.91. The van der Waals surface area contributed by atoms with Crippen LogP contribution in [0.15, 0.2) is 24.4 Å². The van der Waals surface area contributed by atoms with Gasteiger partial charge in [0.05, 0.1) is 0 Å². The molecule has 3 rings (SSSR count). The van der Waals surface area contributed by atoms with Crippen molar-refractivity contribution in [2.75, 3.05) is 30.8 Å². The molecule has 0 amide bonds. The Morgan fingerprint density at radius 1 is 1.24 bits per heavy atom. The van der Waals surface area contributed by atoms with Crippen LogP contribution in [0, 0.1) is 6.92 Å². The van der Waals surface area contributed by atoms with Crippen molar-refractivity contribution in [2.45, 2.75) is 38.3 Å². The van der Waals surface area contributed by atoms with Crippen LogP contribution in [0.5, 0.6) is 0 Å². The van der Waals surface area contributed by atoms with E-state index in [0.717, 1.165) is 48.8 Å². The van der Waals surface area contributed by atoms with E-state index < -0.39 is 0 Å². The summed E-state index contributed by atoms with van der Waals surface area (Å²) in [5, 5.41) is 6.69. The van der Waals surface area contributed by atoms with Gasteiger partial charge < -0.3 is 21.1 Å². The molecule has 0 radical (unpaired) electrons. The lowest BCUT2D eigenvalue weighted by Crippen LogP contribution is -2.35. The zero-order valence-corrected chi connectivity index (χ0v) is 14.8. The highest BCUT2D eigenvalue weighted by atomic mass is 16.5. The van der Waals surface area contributed by atoms with Gasteiger partial charge in [0, 0.05) is 50.1 Å². The standard InChI is InChI=1S/C18H26N6O/c1-12-4-3-5-21-18(12)22-7-6-20-16-10-15(13-8-14(19)9-13)23-17(24-16)11-25-2/h3-5,10,13-14H,6-9,11,19H2,1-2H3,(H,21,22)(H,20,23,24). The van der Waals surface area contributed by atoms with E-state index in [1.807, 2.05) is 25.1 Å². The fourth-order valence-electron chi connectivity index (χ4n) is 2.96. The number of aryl methyl sites for hydroxylation is 1. The Hall–Kier alpha value is -2.25. The molecule has 0 bridgehead atoms. The van der Waals surface area contributed by atoms with Crippen LogP contribution in [0.2, 0.25) is 0 Å². The predicted molar refractivity (Wildman–Crippen MR) is 98.6 cm³/mol. The van der Waals surface area contributed by atoms with Crippen molar-refractivity contribution in [1.29, 1.82) is 0 Å². The fourth-order valence-corrected chi connectivity index (χ4v) is 2.96. The van der Waals surface area contributed by atoms with Crippen LogP contribution in [-0.4, -0.2) is 41.2 Å². The number of hydrogen-bond acceptors (Lipinski definition) is 7. The van der Waals surface area contributed by atoms with Crippen molar-refractivity contribution < 1.29 is 4.74 Å². The van der Waals surface area contributed by atoms with E-state index >= 15 is 0 Å². The van der Waals surface area contributed by atoms with E-state index in [-0.39, 0.29) is 0 Å². The first-order valence-electron chi connectivity index (χ1n) is 8.67. The molecular weight excluding hydrogens is 316 g/mol. The zero-order valence-electron chi connectivity index (χ0n) is 14.8. The van der Waals surface area contributed by atoms with E-state index in [1.54, 1.807) is 13.3 Å². The summed E-state index contributed by atoms with van der Waals surface area (Å²) >= 11 is 0. The van der Waals surface area contributed by atoms with Crippen molar-refractivity contribution in [3.63, 3.8) is 0 Å². The van der Waals surface area contributed by atoms with Gasteiger partial charge in [-0.15, -0.1) is 0 Å². The molecule has 134 valence electrons. The molecule has 0 saturated heterocycles. The Kier molecular flexibility index (Phi) is 5.78. The highest BCUT2D eigenvalue weighted by Gasteiger charge is 2.29. The summed E-state index contributed by atoms with van der Waals surface area (Å²) in [6.07, 6.45) is 3.77. The molecule has 0 atom stereocenters.